The second kappa shape index (κ2) is 16.4. The largest absolute Gasteiger partial charge is 1.00 e. The Morgan fingerprint density at radius 2 is 1.32 bits per heavy atom. The van der Waals surface area contributed by atoms with Crippen LogP contribution in [0.3, 0.4) is 0 Å². The van der Waals surface area contributed by atoms with E-state index in [2.05, 4.69) is 49.3 Å². The highest BCUT2D eigenvalue weighted by Gasteiger charge is 2.30. The van der Waals surface area contributed by atoms with Crippen LogP contribution < -0.4 is 12.4 Å². The minimum absolute atomic E-state index is 0. The van der Waals surface area contributed by atoms with Crippen molar-refractivity contribution in [2.45, 2.75) is 89.0 Å². The van der Waals surface area contributed by atoms with Crippen molar-refractivity contribution in [2.24, 2.45) is 0 Å². The van der Waals surface area contributed by atoms with Gasteiger partial charge in [-0.2, -0.15) is 0 Å². The number of halogens is 2. The summed E-state index contributed by atoms with van der Waals surface area (Å²) in [5.41, 5.74) is 0. The van der Waals surface area contributed by atoms with Crippen molar-refractivity contribution >= 4 is 22.6 Å². The molecule has 0 aromatic heterocycles. The Morgan fingerprint density at radius 1 is 0.864 bits per heavy atom. The van der Waals surface area contributed by atoms with Crippen molar-refractivity contribution in [1.82, 2.24) is 0 Å². The fraction of sp³-hybridized carbons (Fsp3) is 0.895. The van der Waals surface area contributed by atoms with Gasteiger partial charge < -0.3 is 16.9 Å². The molecule has 3 heteroatoms. The number of nitrogens with zero attached hydrogens (tertiary/aromatic N) is 1. The molecule has 0 heterocycles. The molecule has 1 atom stereocenters. The van der Waals surface area contributed by atoms with E-state index < -0.39 is 0 Å². The number of unbranched alkanes of at least 4 members (excludes halogenated alkanes) is 8. The van der Waals surface area contributed by atoms with E-state index in [0.717, 1.165) is 24.1 Å². The Labute approximate surface area is 160 Å². The maximum Gasteiger partial charge on any atom is 0.141 e. The lowest BCUT2D eigenvalue weighted by molar-refractivity contribution is -0.924. The zero-order valence-electron chi connectivity index (χ0n) is 15.1. The molecule has 0 bridgehead atoms. The molecule has 0 aliphatic carbocycles. The summed E-state index contributed by atoms with van der Waals surface area (Å²) in [6, 6.07) is 0. The van der Waals surface area contributed by atoms with Crippen molar-refractivity contribution in [3.8, 4) is 12.3 Å². The maximum absolute atomic E-state index is 5.58. The topological polar surface area (TPSA) is 0 Å². The molecule has 1 unspecified atom stereocenters. The van der Waals surface area contributed by atoms with E-state index >= 15 is 0 Å². The molecule has 0 amide bonds. The molecule has 22 heavy (non-hydrogen) atoms. The van der Waals surface area contributed by atoms with Gasteiger partial charge in [-0.25, -0.2) is 0 Å². The van der Waals surface area contributed by atoms with Gasteiger partial charge in [0, 0.05) is 6.42 Å². The third-order valence-electron chi connectivity index (χ3n) is 4.81. The summed E-state index contributed by atoms with van der Waals surface area (Å²) in [7, 11) is 0. The van der Waals surface area contributed by atoms with Crippen LogP contribution in [0.15, 0.2) is 0 Å². The van der Waals surface area contributed by atoms with Crippen molar-refractivity contribution in [2.75, 3.05) is 19.6 Å². The summed E-state index contributed by atoms with van der Waals surface area (Å²) in [5, 5.41) is 0. The van der Waals surface area contributed by atoms with E-state index in [1.807, 2.05) is 0 Å². The van der Waals surface area contributed by atoms with Gasteiger partial charge in [0.1, 0.15) is 10.6 Å². The third kappa shape index (κ3) is 10.3. The fourth-order valence-electron chi connectivity index (χ4n) is 3.02. The standard InChI is InChI=1S/C19H37IN.ClH/c1-5-9-10-11-12-13-14-15-16-17-19(20)21(7-3,8-4)18-6-2;/h2,19H,5,7-18H2,1,3-4H3;1H/q+1;/p-1. The van der Waals surface area contributed by atoms with Crippen molar-refractivity contribution in [3.63, 3.8) is 0 Å². The molecule has 1 nitrogen and oxygen atoms in total. The lowest BCUT2D eigenvalue weighted by atomic mass is 10.1. The Kier molecular flexibility index (Phi) is 18.5. The first-order chi connectivity index (χ1) is 10.2. The van der Waals surface area contributed by atoms with Gasteiger partial charge in [-0.05, 0) is 48.8 Å². The Hall–Kier alpha value is 0.540. The summed E-state index contributed by atoms with van der Waals surface area (Å²) in [6.07, 6.45) is 19.6. The average molecular weight is 442 g/mol. The summed E-state index contributed by atoms with van der Waals surface area (Å²) in [6.45, 7) is 10.0. The van der Waals surface area contributed by atoms with Gasteiger partial charge in [-0.3, -0.25) is 0 Å². The zero-order chi connectivity index (χ0) is 16.0. The summed E-state index contributed by atoms with van der Waals surface area (Å²) in [5.74, 6) is 2.89. The van der Waals surface area contributed by atoms with Gasteiger partial charge in [-0.1, -0.05) is 58.3 Å². The summed E-state index contributed by atoms with van der Waals surface area (Å²) >= 11 is 2.64. The lowest BCUT2D eigenvalue weighted by Crippen LogP contribution is -3.00. The third-order valence-corrected chi connectivity index (χ3v) is 6.61. The Bertz CT molecular complexity index is 271. The van der Waals surface area contributed by atoms with Crippen molar-refractivity contribution in [1.29, 1.82) is 0 Å². The predicted molar refractivity (Wildman–Crippen MR) is 105 cm³/mol. The second-order valence-corrected chi connectivity index (χ2v) is 7.70. The molecule has 0 aliphatic rings. The van der Waals surface area contributed by atoms with Crippen molar-refractivity contribution in [3.05, 3.63) is 0 Å². The molecular weight excluding hydrogens is 405 g/mol. The van der Waals surface area contributed by atoms with Gasteiger partial charge in [-0.15, -0.1) is 6.42 Å². The molecular formula is C19H37ClIN. The van der Waals surface area contributed by atoms with E-state index in [0.29, 0.717) is 4.05 Å². The van der Waals surface area contributed by atoms with Crippen LogP contribution in [0.25, 0.3) is 0 Å². The van der Waals surface area contributed by atoms with E-state index in [4.69, 9.17) is 6.42 Å². The molecule has 132 valence electrons. The quantitative estimate of drug-likeness (QED) is 0.0970. The van der Waals surface area contributed by atoms with Gasteiger partial charge in [0.25, 0.3) is 0 Å². The van der Waals surface area contributed by atoms with Crippen LogP contribution >= 0.6 is 22.6 Å². The van der Waals surface area contributed by atoms with Crippen LogP contribution in [-0.2, 0) is 0 Å². The van der Waals surface area contributed by atoms with E-state index in [1.165, 1.54) is 64.2 Å². The van der Waals surface area contributed by atoms with Gasteiger partial charge >= 0.3 is 0 Å². The van der Waals surface area contributed by atoms with E-state index in [-0.39, 0.29) is 12.4 Å². The minimum Gasteiger partial charge on any atom is -1.00 e. The first-order valence-electron chi connectivity index (χ1n) is 9.10. The zero-order valence-corrected chi connectivity index (χ0v) is 18.0. The normalized spacial score (nSPS) is 12.5. The first-order valence-corrected chi connectivity index (χ1v) is 10.3. The van der Waals surface area contributed by atoms with Crippen LogP contribution in [-0.4, -0.2) is 28.2 Å². The van der Waals surface area contributed by atoms with Crippen LogP contribution in [0.2, 0.25) is 0 Å². The number of terminal acetylenes is 1. The molecule has 0 aromatic carbocycles. The highest BCUT2D eigenvalue weighted by molar-refractivity contribution is 14.1. The summed E-state index contributed by atoms with van der Waals surface area (Å²) in [4.78, 5) is 0. The lowest BCUT2D eigenvalue weighted by Gasteiger charge is -2.39. The molecule has 0 rings (SSSR count). The smallest absolute Gasteiger partial charge is 0.141 e. The van der Waals surface area contributed by atoms with E-state index in [1.54, 1.807) is 0 Å². The van der Waals surface area contributed by atoms with Gasteiger partial charge in [0.2, 0.25) is 0 Å². The van der Waals surface area contributed by atoms with Gasteiger partial charge in [0.05, 0.1) is 13.1 Å². The number of quaternary nitrogens is 1. The summed E-state index contributed by atoms with van der Waals surface area (Å²) < 4.78 is 1.77. The highest BCUT2D eigenvalue weighted by atomic mass is 127. The molecule has 0 N–H and O–H groups in total. The monoisotopic (exact) mass is 441 g/mol. The molecule has 0 aliphatic heterocycles. The Morgan fingerprint density at radius 3 is 1.73 bits per heavy atom. The first kappa shape index (κ1) is 24.8. The molecule has 0 saturated heterocycles. The fourth-order valence-corrected chi connectivity index (χ4v) is 4.45. The van der Waals surface area contributed by atoms with Crippen LogP contribution in [0.5, 0.6) is 0 Å². The van der Waals surface area contributed by atoms with Crippen LogP contribution in [0, 0.1) is 12.3 Å². The molecule has 0 aromatic rings. The second-order valence-electron chi connectivity index (χ2n) is 6.26. The van der Waals surface area contributed by atoms with Gasteiger partial charge in [0.15, 0.2) is 0 Å². The van der Waals surface area contributed by atoms with Crippen molar-refractivity contribution < 1.29 is 16.9 Å². The number of rotatable bonds is 14. The van der Waals surface area contributed by atoms with Crippen LogP contribution in [0.4, 0.5) is 0 Å². The Balaban J connectivity index is 0. The van der Waals surface area contributed by atoms with E-state index in [9.17, 15) is 0 Å². The number of hydrogen-bond donors (Lipinski definition) is 0. The average Bonchev–Trinajstić information content (AvgIpc) is 2.51. The highest BCUT2D eigenvalue weighted by Crippen LogP contribution is 2.24. The molecule has 0 saturated carbocycles. The predicted octanol–water partition coefficient (Wildman–Crippen LogP) is 3.16. The molecule has 0 radical (unpaired) electrons. The number of hydrogen-bond acceptors (Lipinski definition) is 0. The SMILES string of the molecule is C#CC[N+](CC)(CC)C(I)CCCCCCCCCCC.[Cl-]. The van der Waals surface area contributed by atoms with Crippen LogP contribution in [0.1, 0.15) is 85.0 Å². The number of alkyl halides is 1. The molecule has 0 spiro atoms. The minimum atomic E-state index is 0. The maximum atomic E-state index is 5.58. The molecule has 0 fully saturated rings.